The normalized spacial score (nSPS) is 15.0. The minimum atomic E-state index is -0.672. The molecule has 3 heterocycles. The van der Waals surface area contributed by atoms with E-state index in [2.05, 4.69) is 28.1 Å². The van der Waals surface area contributed by atoms with Crippen LogP contribution in [0.2, 0.25) is 0 Å². The summed E-state index contributed by atoms with van der Waals surface area (Å²) in [6.45, 7) is 0. The van der Waals surface area contributed by atoms with Gasteiger partial charge in [0, 0.05) is 21.8 Å². The highest BCUT2D eigenvalue weighted by Crippen LogP contribution is 2.36. The minimum Gasteiger partial charge on any atom is -0.384 e. The highest BCUT2D eigenvalue weighted by molar-refractivity contribution is 9.10. The first kappa shape index (κ1) is 25.3. The van der Waals surface area contributed by atoms with Crippen LogP contribution in [0.5, 0.6) is 0 Å². The molecule has 7 nitrogen and oxygen atoms in total. The van der Waals surface area contributed by atoms with E-state index in [4.69, 9.17) is 10.8 Å². The van der Waals surface area contributed by atoms with Crippen molar-refractivity contribution >= 4 is 44.7 Å². The molecule has 0 spiro atoms. The number of benzene rings is 3. The fraction of sp³-hybridized carbons (Fsp3) is 0.0323. The molecule has 0 amide bonds. The van der Waals surface area contributed by atoms with Gasteiger partial charge in [-0.15, -0.1) is 11.3 Å². The van der Waals surface area contributed by atoms with E-state index in [0.717, 1.165) is 26.9 Å². The molecule has 0 aliphatic carbocycles. The van der Waals surface area contributed by atoms with Crippen molar-refractivity contribution in [2.45, 2.75) is 5.92 Å². The van der Waals surface area contributed by atoms with Gasteiger partial charge in [0.1, 0.15) is 10.5 Å². The molecule has 192 valence electrons. The number of nitriles is 2. The lowest BCUT2D eigenvalue weighted by atomic mass is 9.84. The first-order valence-corrected chi connectivity index (χ1v) is 13.8. The summed E-state index contributed by atoms with van der Waals surface area (Å²) in [6, 6.07) is 31.2. The molecule has 3 aromatic carbocycles. The third-order valence-electron chi connectivity index (χ3n) is 6.69. The van der Waals surface area contributed by atoms with Gasteiger partial charge in [0.05, 0.1) is 45.1 Å². The molecule has 1 aliphatic rings. The maximum Gasteiger partial charge on any atom is 0.274 e. The van der Waals surface area contributed by atoms with E-state index in [1.807, 2.05) is 91.1 Å². The number of allylic oxidation sites excluding steroid dienone is 1. The number of hydrogen-bond donors (Lipinski definition) is 1. The average molecular weight is 604 g/mol. The predicted molar refractivity (Wildman–Crippen MR) is 159 cm³/mol. The molecule has 1 aliphatic heterocycles. The molecule has 40 heavy (non-hydrogen) atoms. The zero-order chi connectivity index (χ0) is 27.8. The van der Waals surface area contributed by atoms with Gasteiger partial charge < -0.3 is 5.73 Å². The quantitative estimate of drug-likeness (QED) is 0.326. The Morgan fingerprint density at radius 3 is 2.23 bits per heavy atom. The standard InChI is InChI=1S/C31H19BrN6OS/c32-22-13-11-19(12-14-22)27-24(16-33)29(35)38-30(39)26(40-31(38)25(27)17-34)15-21-18-37(23-9-5-2-6-10-23)36-28(21)20-7-3-1-4-8-20/h1-15,18,27H,35H2/b26-15+. The van der Waals surface area contributed by atoms with Crippen molar-refractivity contribution < 1.29 is 0 Å². The summed E-state index contributed by atoms with van der Waals surface area (Å²) in [7, 11) is 0. The maximum absolute atomic E-state index is 13.7. The van der Waals surface area contributed by atoms with Crippen LogP contribution >= 0.6 is 27.3 Å². The number of aromatic nitrogens is 3. The van der Waals surface area contributed by atoms with Crippen molar-refractivity contribution in [3.63, 3.8) is 0 Å². The lowest BCUT2D eigenvalue weighted by Crippen LogP contribution is -2.38. The Kier molecular flexibility index (Phi) is 6.53. The number of hydrogen-bond acceptors (Lipinski definition) is 6. The van der Waals surface area contributed by atoms with E-state index >= 15 is 0 Å². The van der Waals surface area contributed by atoms with E-state index < -0.39 is 11.5 Å². The summed E-state index contributed by atoms with van der Waals surface area (Å²) < 4.78 is 4.73. The minimum absolute atomic E-state index is 0.0357. The van der Waals surface area contributed by atoms with Crippen LogP contribution in [0, 0.1) is 22.7 Å². The zero-order valence-electron chi connectivity index (χ0n) is 20.8. The van der Waals surface area contributed by atoms with Crippen LogP contribution in [0.3, 0.4) is 0 Å². The zero-order valence-corrected chi connectivity index (χ0v) is 23.2. The van der Waals surface area contributed by atoms with Crippen LogP contribution < -0.4 is 20.5 Å². The van der Waals surface area contributed by atoms with Crippen LogP contribution in [-0.2, 0) is 0 Å². The monoisotopic (exact) mass is 602 g/mol. The lowest BCUT2D eigenvalue weighted by Gasteiger charge is -2.22. The van der Waals surface area contributed by atoms with Crippen molar-refractivity contribution in [3.8, 4) is 29.1 Å². The van der Waals surface area contributed by atoms with E-state index in [1.54, 1.807) is 10.8 Å². The number of halogens is 1. The van der Waals surface area contributed by atoms with Crippen molar-refractivity contribution in [3.05, 3.63) is 132 Å². The van der Waals surface area contributed by atoms with Crippen molar-refractivity contribution in [2.24, 2.45) is 5.73 Å². The van der Waals surface area contributed by atoms with Gasteiger partial charge in [-0.1, -0.05) is 76.6 Å². The summed E-state index contributed by atoms with van der Waals surface area (Å²) in [4.78, 5) is 13.7. The molecule has 0 bridgehead atoms. The van der Waals surface area contributed by atoms with Crippen molar-refractivity contribution in [1.29, 1.82) is 10.5 Å². The van der Waals surface area contributed by atoms with Crippen molar-refractivity contribution in [2.75, 3.05) is 0 Å². The molecule has 6 rings (SSSR count). The average Bonchev–Trinajstić information content (AvgIpc) is 3.56. The summed E-state index contributed by atoms with van der Waals surface area (Å²) >= 11 is 4.61. The Morgan fingerprint density at radius 2 is 1.57 bits per heavy atom. The smallest absolute Gasteiger partial charge is 0.274 e. The number of para-hydroxylation sites is 1. The third-order valence-corrected chi connectivity index (χ3v) is 8.33. The molecule has 9 heteroatoms. The predicted octanol–water partition coefficient (Wildman–Crippen LogP) is 4.48. The topological polar surface area (TPSA) is 113 Å². The molecule has 2 aromatic heterocycles. The van der Waals surface area contributed by atoms with Gasteiger partial charge in [-0.05, 0) is 35.9 Å². The summed E-state index contributed by atoms with van der Waals surface area (Å²) in [6.07, 6.45) is 3.65. The molecule has 5 aromatic rings. The molecule has 0 saturated heterocycles. The van der Waals surface area contributed by atoms with Crippen LogP contribution in [0.1, 0.15) is 17.0 Å². The molecule has 2 N–H and O–H groups in total. The second-order valence-corrected chi connectivity index (χ2v) is 11.0. The second kappa shape index (κ2) is 10.3. The molecule has 1 unspecified atom stereocenters. The molecular formula is C31H19BrN6OS. The highest BCUT2D eigenvalue weighted by Gasteiger charge is 2.32. The molecule has 0 saturated carbocycles. The van der Waals surface area contributed by atoms with E-state index in [-0.39, 0.29) is 11.4 Å². The molecule has 0 radical (unpaired) electrons. The lowest BCUT2D eigenvalue weighted by molar-refractivity contribution is 0.884. The van der Waals surface area contributed by atoms with Crippen LogP contribution in [-0.4, -0.2) is 14.3 Å². The molecule has 1 atom stereocenters. The van der Waals surface area contributed by atoms with Crippen LogP contribution in [0.25, 0.3) is 34.4 Å². The number of thiazole rings is 1. The first-order chi connectivity index (χ1) is 19.5. The number of nitrogens with zero attached hydrogens (tertiary/aromatic N) is 5. The number of nitrogens with two attached hydrogens (primary N) is 1. The fourth-order valence-corrected chi connectivity index (χ4v) is 6.19. The Hall–Kier alpha value is -4.96. The Labute approximate surface area is 241 Å². The van der Waals surface area contributed by atoms with E-state index in [0.29, 0.717) is 20.5 Å². The van der Waals surface area contributed by atoms with E-state index in [1.165, 1.54) is 15.9 Å². The molecular weight excluding hydrogens is 584 g/mol. The van der Waals surface area contributed by atoms with Gasteiger partial charge in [-0.3, -0.25) is 9.36 Å². The van der Waals surface area contributed by atoms with Gasteiger partial charge in [0.15, 0.2) is 0 Å². The van der Waals surface area contributed by atoms with Gasteiger partial charge in [0.25, 0.3) is 5.56 Å². The van der Waals surface area contributed by atoms with E-state index in [9.17, 15) is 15.3 Å². The summed E-state index contributed by atoms with van der Waals surface area (Å²) in [5, 5.41) is 25.1. The van der Waals surface area contributed by atoms with Crippen LogP contribution in [0.4, 0.5) is 0 Å². The largest absolute Gasteiger partial charge is 0.384 e. The highest BCUT2D eigenvalue weighted by atomic mass is 79.9. The second-order valence-electron chi connectivity index (χ2n) is 9.06. The Bertz CT molecular complexity index is 2060. The Morgan fingerprint density at radius 1 is 0.925 bits per heavy atom. The van der Waals surface area contributed by atoms with Gasteiger partial charge >= 0.3 is 0 Å². The van der Waals surface area contributed by atoms with Gasteiger partial charge in [-0.2, -0.15) is 15.6 Å². The van der Waals surface area contributed by atoms with Crippen molar-refractivity contribution in [1.82, 2.24) is 14.3 Å². The molecule has 0 fully saturated rings. The number of fused-ring (bicyclic) bond motifs is 1. The first-order valence-electron chi connectivity index (χ1n) is 12.2. The summed E-state index contributed by atoms with van der Waals surface area (Å²) in [5.74, 6) is -0.636. The SMILES string of the molecule is N#CC1=C(N)n2c(s/c(=C/c3cn(-c4ccccc4)nc3-c3ccccc3)c2=O)=C(C#N)C1c1ccc(Br)cc1. The van der Waals surface area contributed by atoms with Gasteiger partial charge in [-0.25, -0.2) is 4.68 Å². The Balaban J connectivity index is 1.61. The number of rotatable bonds is 4. The van der Waals surface area contributed by atoms with Crippen LogP contribution in [0.15, 0.2) is 106 Å². The summed E-state index contributed by atoms with van der Waals surface area (Å²) in [5.41, 5.74) is 10.5. The fourth-order valence-electron chi connectivity index (χ4n) is 4.81. The van der Waals surface area contributed by atoms with Gasteiger partial charge in [0.2, 0.25) is 0 Å². The third kappa shape index (κ3) is 4.28. The maximum atomic E-state index is 13.7.